The van der Waals surface area contributed by atoms with E-state index in [0.29, 0.717) is 0 Å². The first-order chi connectivity index (χ1) is 13.0. The van der Waals surface area contributed by atoms with Crippen molar-refractivity contribution < 1.29 is 37.3 Å². The zero-order valence-electron chi connectivity index (χ0n) is 14.8. The first kappa shape index (κ1) is 20.3. The van der Waals surface area contributed by atoms with Crippen molar-refractivity contribution in [2.24, 2.45) is 0 Å². The number of alkyl halides is 3. The molecule has 0 radical (unpaired) electrons. The maximum Gasteiger partial charge on any atom is 0.430 e. The second kappa shape index (κ2) is 7.18. The van der Waals surface area contributed by atoms with Crippen molar-refractivity contribution in [2.45, 2.75) is 30.9 Å². The number of carboxylic acid groups (broad SMARTS) is 1. The SMILES string of the molecule is COC1(C)C=CC=CC1Oc1cc2c(cc1Cl)C=C(C(=O)O)[C@H](C(F)(F)F)O2. The van der Waals surface area contributed by atoms with E-state index in [1.807, 2.05) is 0 Å². The lowest BCUT2D eigenvalue weighted by Crippen LogP contribution is -2.43. The molecule has 0 saturated carbocycles. The van der Waals surface area contributed by atoms with Gasteiger partial charge in [-0.2, -0.15) is 13.2 Å². The number of benzene rings is 1. The van der Waals surface area contributed by atoms with E-state index in [-0.39, 0.29) is 22.1 Å². The summed E-state index contributed by atoms with van der Waals surface area (Å²) >= 11 is 6.21. The van der Waals surface area contributed by atoms with Gasteiger partial charge in [0.05, 0.1) is 10.6 Å². The average Bonchev–Trinajstić information content (AvgIpc) is 2.62. The molecule has 0 amide bonds. The Morgan fingerprint density at radius 2 is 2.04 bits per heavy atom. The summed E-state index contributed by atoms with van der Waals surface area (Å²) in [5.74, 6) is -1.82. The summed E-state index contributed by atoms with van der Waals surface area (Å²) in [5, 5.41) is 9.18. The summed E-state index contributed by atoms with van der Waals surface area (Å²) < 4.78 is 56.0. The van der Waals surface area contributed by atoms with Crippen LogP contribution in [0.2, 0.25) is 5.02 Å². The van der Waals surface area contributed by atoms with Crippen LogP contribution in [0.15, 0.2) is 42.0 Å². The second-order valence-electron chi connectivity index (χ2n) is 6.44. The lowest BCUT2D eigenvalue weighted by Gasteiger charge is -2.34. The second-order valence-corrected chi connectivity index (χ2v) is 6.84. The van der Waals surface area contributed by atoms with Crippen LogP contribution in [-0.4, -0.2) is 42.2 Å². The van der Waals surface area contributed by atoms with Gasteiger partial charge in [0.25, 0.3) is 0 Å². The van der Waals surface area contributed by atoms with Crippen molar-refractivity contribution in [1.29, 1.82) is 0 Å². The zero-order chi connectivity index (χ0) is 20.7. The van der Waals surface area contributed by atoms with Crippen molar-refractivity contribution in [3.8, 4) is 11.5 Å². The molecule has 1 aliphatic heterocycles. The van der Waals surface area contributed by atoms with Crippen LogP contribution in [0.1, 0.15) is 12.5 Å². The highest BCUT2D eigenvalue weighted by atomic mass is 35.5. The van der Waals surface area contributed by atoms with Gasteiger partial charge in [0.1, 0.15) is 23.2 Å². The van der Waals surface area contributed by atoms with Gasteiger partial charge in [-0.15, -0.1) is 0 Å². The van der Waals surface area contributed by atoms with Gasteiger partial charge in [0.15, 0.2) is 0 Å². The summed E-state index contributed by atoms with van der Waals surface area (Å²) in [5.41, 5.74) is -1.61. The number of methoxy groups -OCH3 is 1. The van der Waals surface area contributed by atoms with Crippen LogP contribution >= 0.6 is 11.6 Å². The molecule has 150 valence electrons. The van der Waals surface area contributed by atoms with Crippen molar-refractivity contribution in [2.75, 3.05) is 7.11 Å². The summed E-state index contributed by atoms with van der Waals surface area (Å²) in [6.45, 7) is 1.78. The quantitative estimate of drug-likeness (QED) is 0.787. The molecular weight excluding hydrogens is 401 g/mol. The number of ether oxygens (including phenoxy) is 3. The fourth-order valence-corrected chi connectivity index (χ4v) is 3.10. The summed E-state index contributed by atoms with van der Waals surface area (Å²) in [6.07, 6.45) is -0.143. The Hall–Kier alpha value is -2.45. The number of fused-ring (bicyclic) bond motifs is 1. The number of rotatable bonds is 4. The van der Waals surface area contributed by atoms with Gasteiger partial charge in [-0.1, -0.05) is 23.8 Å². The Labute approximate surface area is 163 Å². The number of carboxylic acids is 1. The van der Waals surface area contributed by atoms with Gasteiger partial charge < -0.3 is 19.3 Å². The van der Waals surface area contributed by atoms with E-state index < -0.39 is 35.5 Å². The molecule has 0 bridgehead atoms. The molecule has 0 saturated heterocycles. The largest absolute Gasteiger partial charge is 0.481 e. The molecule has 1 heterocycles. The smallest absolute Gasteiger partial charge is 0.430 e. The minimum atomic E-state index is -4.89. The molecule has 0 fully saturated rings. The third-order valence-electron chi connectivity index (χ3n) is 4.53. The number of hydrogen-bond acceptors (Lipinski definition) is 4. The van der Waals surface area contributed by atoms with Crippen molar-refractivity contribution in [3.63, 3.8) is 0 Å². The van der Waals surface area contributed by atoms with Crippen LogP contribution in [0.4, 0.5) is 13.2 Å². The molecule has 3 rings (SSSR count). The highest BCUT2D eigenvalue weighted by Gasteiger charge is 2.48. The number of allylic oxidation sites excluding steroid dienone is 2. The van der Waals surface area contributed by atoms with E-state index in [9.17, 15) is 18.0 Å². The Morgan fingerprint density at radius 1 is 1.32 bits per heavy atom. The zero-order valence-corrected chi connectivity index (χ0v) is 15.5. The molecule has 1 aliphatic carbocycles. The molecule has 28 heavy (non-hydrogen) atoms. The van der Waals surface area contributed by atoms with E-state index in [2.05, 4.69) is 0 Å². The Balaban J connectivity index is 1.98. The van der Waals surface area contributed by atoms with Crippen LogP contribution in [-0.2, 0) is 9.53 Å². The predicted molar refractivity (Wildman–Crippen MR) is 95.6 cm³/mol. The monoisotopic (exact) mass is 416 g/mol. The first-order valence-corrected chi connectivity index (χ1v) is 8.52. The van der Waals surface area contributed by atoms with Gasteiger partial charge in [-0.05, 0) is 31.2 Å². The van der Waals surface area contributed by atoms with E-state index in [0.717, 1.165) is 6.08 Å². The van der Waals surface area contributed by atoms with E-state index in [1.165, 1.54) is 19.2 Å². The highest BCUT2D eigenvalue weighted by Crippen LogP contribution is 2.42. The molecule has 9 heteroatoms. The first-order valence-electron chi connectivity index (χ1n) is 8.15. The van der Waals surface area contributed by atoms with E-state index >= 15 is 0 Å². The molecule has 1 N–H and O–H groups in total. The molecule has 2 unspecified atom stereocenters. The number of aliphatic carboxylic acids is 1. The fraction of sp³-hybridized carbons (Fsp3) is 0.316. The number of halogens is 4. The Kier molecular flexibility index (Phi) is 5.20. The summed E-state index contributed by atoms with van der Waals surface area (Å²) in [6, 6.07) is 2.52. The molecule has 1 aromatic carbocycles. The van der Waals surface area contributed by atoms with Gasteiger partial charge in [-0.25, -0.2) is 4.79 Å². The molecule has 5 nitrogen and oxygen atoms in total. The maximum atomic E-state index is 13.2. The lowest BCUT2D eigenvalue weighted by molar-refractivity contribution is -0.187. The lowest BCUT2D eigenvalue weighted by atomic mass is 9.94. The molecule has 0 aromatic heterocycles. The molecular formula is C19H16ClF3O5. The van der Waals surface area contributed by atoms with Crippen molar-refractivity contribution >= 4 is 23.6 Å². The third kappa shape index (κ3) is 3.74. The normalized spacial score (nSPS) is 26.3. The maximum absolute atomic E-state index is 13.2. The van der Waals surface area contributed by atoms with Gasteiger partial charge in [-0.3, -0.25) is 0 Å². The molecule has 2 aliphatic rings. The van der Waals surface area contributed by atoms with E-state index in [4.69, 9.17) is 30.9 Å². The van der Waals surface area contributed by atoms with Gasteiger partial charge >= 0.3 is 12.1 Å². The van der Waals surface area contributed by atoms with Crippen LogP contribution in [0.5, 0.6) is 11.5 Å². The van der Waals surface area contributed by atoms with Crippen LogP contribution in [0.25, 0.3) is 6.08 Å². The average molecular weight is 417 g/mol. The Bertz CT molecular complexity index is 890. The van der Waals surface area contributed by atoms with Gasteiger partial charge in [0.2, 0.25) is 6.10 Å². The topological polar surface area (TPSA) is 65.0 Å². The van der Waals surface area contributed by atoms with Crippen LogP contribution in [0, 0.1) is 0 Å². The predicted octanol–water partition coefficient (Wildman–Crippen LogP) is 4.41. The number of carbonyl (C=O) groups is 1. The van der Waals surface area contributed by atoms with E-state index in [1.54, 1.807) is 31.2 Å². The summed E-state index contributed by atoms with van der Waals surface area (Å²) in [4.78, 5) is 11.2. The Morgan fingerprint density at radius 3 is 2.64 bits per heavy atom. The van der Waals surface area contributed by atoms with Crippen LogP contribution < -0.4 is 9.47 Å². The summed E-state index contributed by atoms with van der Waals surface area (Å²) in [7, 11) is 1.50. The van der Waals surface area contributed by atoms with Crippen LogP contribution in [0.3, 0.4) is 0 Å². The standard InChI is InChI=1S/C19H16ClF3O5/c1-18(26-2)6-4-3-5-15(18)27-14-9-13-10(8-12(14)20)7-11(17(24)25)16(28-13)19(21,22)23/h3-9,15-16H,1-2H3,(H,24,25)/t15?,16-,18?/m1/s1. The molecule has 1 aromatic rings. The number of hydrogen-bond donors (Lipinski definition) is 1. The molecule has 0 spiro atoms. The minimum Gasteiger partial charge on any atom is -0.481 e. The third-order valence-corrected chi connectivity index (χ3v) is 4.83. The highest BCUT2D eigenvalue weighted by molar-refractivity contribution is 6.32. The fourth-order valence-electron chi connectivity index (χ4n) is 2.88. The van der Waals surface area contributed by atoms with Gasteiger partial charge in [0, 0.05) is 18.7 Å². The van der Waals surface area contributed by atoms with Crippen molar-refractivity contribution in [3.05, 3.63) is 52.6 Å². The molecule has 3 atom stereocenters. The minimum absolute atomic E-state index is 0.0849. The van der Waals surface area contributed by atoms with Crippen molar-refractivity contribution in [1.82, 2.24) is 0 Å².